The molecule has 5 nitrogen and oxygen atoms in total. The van der Waals surface area contributed by atoms with E-state index < -0.39 is 0 Å². The van der Waals surface area contributed by atoms with Crippen LogP contribution in [0.25, 0.3) is 0 Å². The second-order valence-electron chi connectivity index (χ2n) is 16.4. The van der Waals surface area contributed by atoms with Crippen molar-refractivity contribution >= 4 is 58.1 Å². The number of amidine groups is 2. The second-order valence-corrected chi connectivity index (χ2v) is 18.9. The van der Waals surface area contributed by atoms with Gasteiger partial charge in [0.1, 0.15) is 11.7 Å². The van der Waals surface area contributed by atoms with Crippen molar-refractivity contribution in [3.63, 3.8) is 0 Å². The highest BCUT2D eigenvalue weighted by Gasteiger charge is 2.61. The molecule has 0 aliphatic heterocycles. The van der Waals surface area contributed by atoms with E-state index in [0.717, 1.165) is 48.1 Å². The van der Waals surface area contributed by atoms with Crippen molar-refractivity contribution in [2.75, 3.05) is 24.6 Å². The standard InChI is InChI=1S/C30H50N4S2.2ClH.H2O/c1-25-5-21-6-26(2,13-25)16-29(9-21,15-25)19-33-23(31)11-35-36-12-24(32)34-20-30-10-22-7-27(3,17-30)14-28(4,8-22)18-30;;;/h21-22H,5-20H2,1-4H3,(H2,31,33)(H2,32,34);2*1H;1H2. The lowest BCUT2D eigenvalue weighted by Crippen LogP contribution is -2.56. The largest absolute Gasteiger partial charge is 0.412 e. The Bertz CT molecular complexity index is 865. The fraction of sp³-hybridized carbons (Fsp3) is 0.933. The molecular formula is C30H54Cl2N4OS2. The molecular weight excluding hydrogens is 567 g/mol. The summed E-state index contributed by atoms with van der Waals surface area (Å²) in [5.74, 6) is 5.03. The fourth-order valence-corrected chi connectivity index (χ4v) is 14.4. The Morgan fingerprint density at radius 3 is 1.18 bits per heavy atom. The minimum absolute atomic E-state index is 0. The van der Waals surface area contributed by atoms with Crippen LogP contribution in [0.3, 0.4) is 0 Å². The van der Waals surface area contributed by atoms with Crippen LogP contribution in [0, 0.1) is 44.3 Å². The maximum atomic E-state index is 6.39. The molecule has 8 bridgehead atoms. The molecule has 39 heavy (non-hydrogen) atoms. The van der Waals surface area contributed by atoms with Crippen molar-refractivity contribution in [1.29, 1.82) is 0 Å². The Balaban J connectivity index is 0.00000140. The molecule has 8 aliphatic carbocycles. The zero-order valence-electron chi connectivity index (χ0n) is 24.7. The molecule has 0 radical (unpaired) electrons. The van der Waals surface area contributed by atoms with Crippen LogP contribution in [0.15, 0.2) is 9.98 Å². The molecule has 226 valence electrons. The molecule has 9 heteroatoms. The molecule has 0 aromatic carbocycles. The summed E-state index contributed by atoms with van der Waals surface area (Å²) in [5.41, 5.74) is 15.8. The van der Waals surface area contributed by atoms with E-state index in [0.29, 0.717) is 32.5 Å². The van der Waals surface area contributed by atoms with E-state index in [-0.39, 0.29) is 30.3 Å². The summed E-state index contributed by atoms with van der Waals surface area (Å²) in [7, 11) is 3.58. The third-order valence-electron chi connectivity index (χ3n) is 11.2. The number of halogens is 2. The smallest absolute Gasteiger partial charge is 0.105 e. The quantitative estimate of drug-likeness (QED) is 0.124. The van der Waals surface area contributed by atoms with Gasteiger partial charge in [-0.1, -0.05) is 49.3 Å². The van der Waals surface area contributed by atoms with Crippen molar-refractivity contribution < 1.29 is 5.48 Å². The molecule has 8 saturated carbocycles. The Hall–Kier alpha value is 0.180. The number of hydrogen-bond acceptors (Lipinski definition) is 4. The highest BCUT2D eigenvalue weighted by Crippen LogP contribution is 2.70. The summed E-state index contributed by atoms with van der Waals surface area (Å²) in [6.45, 7) is 12.0. The van der Waals surface area contributed by atoms with Crippen molar-refractivity contribution in [3.8, 4) is 0 Å². The highest BCUT2D eigenvalue weighted by molar-refractivity contribution is 8.77. The van der Waals surface area contributed by atoms with Gasteiger partial charge < -0.3 is 16.9 Å². The molecule has 0 spiro atoms. The van der Waals surface area contributed by atoms with Gasteiger partial charge in [-0.2, -0.15) is 0 Å². The topological polar surface area (TPSA) is 108 Å². The summed E-state index contributed by atoms with van der Waals surface area (Å²) in [4.78, 5) is 9.89. The summed E-state index contributed by atoms with van der Waals surface area (Å²) in [6, 6.07) is 0. The third-order valence-corrected chi connectivity index (χ3v) is 13.4. The molecule has 8 aliphatic rings. The average molecular weight is 622 g/mol. The molecule has 4 atom stereocenters. The molecule has 8 rings (SSSR count). The summed E-state index contributed by atoms with van der Waals surface area (Å²) in [6.07, 6.45) is 16.8. The molecule has 0 amide bonds. The average Bonchev–Trinajstić information content (AvgIpc) is 2.69. The predicted molar refractivity (Wildman–Crippen MR) is 176 cm³/mol. The lowest BCUT2D eigenvalue weighted by molar-refractivity contribution is -0.140. The van der Waals surface area contributed by atoms with Crippen molar-refractivity contribution in [3.05, 3.63) is 0 Å². The van der Waals surface area contributed by atoms with E-state index in [1.54, 1.807) is 21.6 Å². The maximum Gasteiger partial charge on any atom is 0.105 e. The summed E-state index contributed by atoms with van der Waals surface area (Å²) in [5, 5.41) is 0. The van der Waals surface area contributed by atoms with Crippen LogP contribution in [0.5, 0.6) is 0 Å². The fourth-order valence-electron chi connectivity index (χ4n) is 12.6. The van der Waals surface area contributed by atoms with Crippen molar-refractivity contribution in [2.24, 2.45) is 65.8 Å². The molecule has 0 aromatic heterocycles. The molecule has 0 aromatic rings. The first-order valence-electron chi connectivity index (χ1n) is 14.6. The molecule has 4 unspecified atom stereocenters. The molecule has 6 N–H and O–H groups in total. The van der Waals surface area contributed by atoms with Gasteiger partial charge in [-0.25, -0.2) is 0 Å². The predicted octanol–water partition coefficient (Wildman–Crippen LogP) is 7.09. The number of nitrogens with two attached hydrogens (primary N) is 2. The number of aliphatic imine (C=N–C) groups is 2. The van der Waals surface area contributed by atoms with Gasteiger partial charge in [-0.05, 0) is 121 Å². The van der Waals surface area contributed by atoms with Crippen LogP contribution in [-0.4, -0.2) is 41.7 Å². The molecule has 0 saturated heterocycles. The Morgan fingerprint density at radius 2 is 0.897 bits per heavy atom. The lowest BCUT2D eigenvalue weighted by Gasteiger charge is -2.65. The van der Waals surface area contributed by atoms with Gasteiger partial charge >= 0.3 is 0 Å². The van der Waals surface area contributed by atoms with Gasteiger partial charge in [0.25, 0.3) is 0 Å². The monoisotopic (exact) mass is 620 g/mol. The minimum atomic E-state index is 0. The van der Waals surface area contributed by atoms with Crippen LogP contribution in [-0.2, 0) is 0 Å². The normalized spacial score (nSPS) is 47.4. The Labute approximate surface area is 257 Å². The Kier molecular flexibility index (Phi) is 9.80. The van der Waals surface area contributed by atoms with Gasteiger partial charge in [-0.15, -0.1) is 24.8 Å². The van der Waals surface area contributed by atoms with E-state index in [1.165, 1.54) is 77.0 Å². The van der Waals surface area contributed by atoms with Gasteiger partial charge in [0, 0.05) is 13.1 Å². The Morgan fingerprint density at radius 1 is 0.590 bits per heavy atom. The van der Waals surface area contributed by atoms with E-state index in [9.17, 15) is 0 Å². The number of rotatable bonds is 9. The van der Waals surface area contributed by atoms with Crippen LogP contribution in [0.4, 0.5) is 0 Å². The van der Waals surface area contributed by atoms with Crippen molar-refractivity contribution in [1.82, 2.24) is 0 Å². The first-order chi connectivity index (χ1) is 16.8. The van der Waals surface area contributed by atoms with Crippen LogP contribution < -0.4 is 11.5 Å². The third kappa shape index (κ3) is 6.89. The first-order valence-corrected chi connectivity index (χ1v) is 17.1. The van der Waals surface area contributed by atoms with Crippen LogP contribution >= 0.6 is 46.4 Å². The van der Waals surface area contributed by atoms with Crippen molar-refractivity contribution in [2.45, 2.75) is 105 Å². The summed E-state index contributed by atoms with van der Waals surface area (Å²) < 4.78 is 0. The number of nitrogens with zero attached hydrogens (tertiary/aromatic N) is 2. The van der Waals surface area contributed by atoms with E-state index in [4.69, 9.17) is 21.5 Å². The van der Waals surface area contributed by atoms with Gasteiger partial charge in [-0.3, -0.25) is 9.98 Å². The molecule has 8 fully saturated rings. The first kappa shape index (κ1) is 33.7. The maximum absolute atomic E-state index is 6.39. The summed E-state index contributed by atoms with van der Waals surface area (Å²) >= 11 is 0. The second kappa shape index (κ2) is 11.4. The molecule has 0 heterocycles. The van der Waals surface area contributed by atoms with E-state index in [1.807, 2.05) is 0 Å². The number of hydrogen-bond donors (Lipinski definition) is 2. The van der Waals surface area contributed by atoms with Crippen LogP contribution in [0.1, 0.15) is 105 Å². The van der Waals surface area contributed by atoms with Gasteiger partial charge in [0.2, 0.25) is 0 Å². The van der Waals surface area contributed by atoms with E-state index in [2.05, 4.69) is 27.7 Å². The zero-order valence-corrected chi connectivity index (χ0v) is 27.9. The van der Waals surface area contributed by atoms with E-state index >= 15 is 0 Å². The lowest BCUT2D eigenvalue weighted by atomic mass is 9.40. The SMILES string of the molecule is CC12CC3CC(C)(C1)CC(CN=C(N)CSSCC(N)=NCC14CC5CC(C)(CC(C)(C5)C1)C4)(C3)C2.Cl.Cl.O. The minimum Gasteiger partial charge on any atom is -0.412 e. The van der Waals surface area contributed by atoms with Gasteiger partial charge in [0.05, 0.1) is 11.5 Å². The zero-order chi connectivity index (χ0) is 25.5. The highest BCUT2D eigenvalue weighted by atomic mass is 35.5. The van der Waals surface area contributed by atoms with Crippen LogP contribution in [0.2, 0.25) is 0 Å². The van der Waals surface area contributed by atoms with Gasteiger partial charge in [0.15, 0.2) is 0 Å².